The number of hydrogen-bond acceptors (Lipinski definition) is 2. The first kappa shape index (κ1) is 15.1. The van der Waals surface area contributed by atoms with Gasteiger partial charge in [-0.25, -0.2) is 0 Å². The number of hydrogen-bond donors (Lipinski definition) is 1. The van der Waals surface area contributed by atoms with Crippen LogP contribution < -0.4 is 5.32 Å². The van der Waals surface area contributed by atoms with Crippen LogP contribution in [0.3, 0.4) is 0 Å². The molecular weight excluding hydrogens is 267 g/mol. The lowest BCUT2D eigenvalue weighted by Crippen LogP contribution is -2.29. The number of anilines is 1. The summed E-state index contributed by atoms with van der Waals surface area (Å²) >= 11 is 5.53. The lowest BCUT2D eigenvalue weighted by atomic mass is 10.1. The van der Waals surface area contributed by atoms with Gasteiger partial charge in [-0.3, -0.25) is 0 Å². The molecule has 0 aliphatic heterocycles. The largest absolute Gasteiger partial charge is 0.417 e. The minimum atomic E-state index is -4.45. The number of ether oxygens (including phenoxy) is 1. The predicted octanol–water partition coefficient (Wildman–Crippen LogP) is 4.19. The molecule has 0 saturated carbocycles. The van der Waals surface area contributed by atoms with E-state index in [1.807, 2.05) is 13.8 Å². The van der Waals surface area contributed by atoms with Crippen LogP contribution in [0.4, 0.5) is 18.9 Å². The van der Waals surface area contributed by atoms with E-state index < -0.39 is 11.7 Å². The Morgan fingerprint density at radius 3 is 2.39 bits per heavy atom. The molecule has 18 heavy (non-hydrogen) atoms. The van der Waals surface area contributed by atoms with E-state index in [1.165, 1.54) is 12.1 Å². The molecule has 0 aromatic heterocycles. The molecule has 102 valence electrons. The quantitative estimate of drug-likeness (QED) is 0.893. The zero-order valence-corrected chi connectivity index (χ0v) is 11.1. The van der Waals surface area contributed by atoms with Gasteiger partial charge in [0.25, 0.3) is 0 Å². The average molecular weight is 282 g/mol. The summed E-state index contributed by atoms with van der Waals surface area (Å²) in [6.07, 6.45) is -4.57. The van der Waals surface area contributed by atoms with Gasteiger partial charge >= 0.3 is 6.18 Å². The molecule has 6 heteroatoms. The number of nitrogens with one attached hydrogen (secondary N) is 1. The molecule has 1 aromatic carbocycles. The fourth-order valence-corrected chi connectivity index (χ4v) is 1.64. The Morgan fingerprint density at radius 1 is 1.28 bits per heavy atom. The molecule has 0 radical (unpaired) electrons. The number of halogens is 4. The normalized spacial score (nSPS) is 15.3. The van der Waals surface area contributed by atoms with Crippen molar-refractivity contribution in [3.05, 3.63) is 28.8 Å². The van der Waals surface area contributed by atoms with Crippen molar-refractivity contribution < 1.29 is 17.9 Å². The lowest BCUT2D eigenvalue weighted by Gasteiger charge is -2.21. The van der Waals surface area contributed by atoms with Crippen molar-refractivity contribution in [3.8, 4) is 0 Å². The van der Waals surface area contributed by atoms with E-state index in [0.29, 0.717) is 5.69 Å². The van der Waals surface area contributed by atoms with Gasteiger partial charge in [0.15, 0.2) is 0 Å². The first-order valence-corrected chi connectivity index (χ1v) is 5.79. The summed E-state index contributed by atoms with van der Waals surface area (Å²) in [6, 6.07) is 3.63. The smallest absolute Gasteiger partial charge is 0.380 e. The monoisotopic (exact) mass is 281 g/mol. The molecule has 1 rings (SSSR count). The highest BCUT2D eigenvalue weighted by molar-refractivity contribution is 6.31. The molecule has 1 aromatic rings. The van der Waals surface area contributed by atoms with Crippen LogP contribution in [-0.2, 0) is 10.9 Å². The molecule has 0 saturated heterocycles. The molecular formula is C12H15ClF3NO. The van der Waals surface area contributed by atoms with Crippen molar-refractivity contribution in [2.45, 2.75) is 32.2 Å². The maximum absolute atomic E-state index is 12.7. The molecule has 2 unspecified atom stereocenters. The fourth-order valence-electron chi connectivity index (χ4n) is 1.42. The summed E-state index contributed by atoms with van der Waals surface area (Å²) in [7, 11) is 1.55. The summed E-state index contributed by atoms with van der Waals surface area (Å²) in [5.41, 5.74) is -0.477. The van der Waals surface area contributed by atoms with E-state index in [0.717, 1.165) is 6.07 Å². The Balaban J connectivity index is 2.92. The molecule has 0 aliphatic rings. The van der Waals surface area contributed by atoms with Gasteiger partial charge in [0, 0.05) is 18.8 Å². The van der Waals surface area contributed by atoms with Crippen LogP contribution in [0.15, 0.2) is 18.2 Å². The molecule has 0 bridgehead atoms. The van der Waals surface area contributed by atoms with Crippen molar-refractivity contribution in [3.63, 3.8) is 0 Å². The summed E-state index contributed by atoms with van der Waals surface area (Å²) in [6.45, 7) is 3.66. The zero-order chi connectivity index (χ0) is 13.9. The number of methoxy groups -OCH3 is 1. The molecule has 2 atom stereocenters. The molecule has 0 aliphatic carbocycles. The van der Waals surface area contributed by atoms with E-state index >= 15 is 0 Å². The van der Waals surface area contributed by atoms with Gasteiger partial charge in [0.2, 0.25) is 0 Å². The van der Waals surface area contributed by atoms with Gasteiger partial charge in [-0.05, 0) is 32.0 Å². The minimum Gasteiger partial charge on any atom is -0.380 e. The van der Waals surface area contributed by atoms with Crippen LogP contribution in [0.25, 0.3) is 0 Å². The second kappa shape index (κ2) is 5.80. The Bertz CT molecular complexity index is 409. The number of rotatable bonds is 4. The van der Waals surface area contributed by atoms with Gasteiger partial charge in [0.1, 0.15) is 0 Å². The predicted molar refractivity (Wildman–Crippen MR) is 66.0 cm³/mol. The zero-order valence-electron chi connectivity index (χ0n) is 10.3. The van der Waals surface area contributed by atoms with Gasteiger partial charge in [0.05, 0.1) is 16.7 Å². The van der Waals surface area contributed by atoms with Crippen LogP contribution in [0.2, 0.25) is 5.02 Å². The molecule has 2 nitrogen and oxygen atoms in total. The Labute approximate surface area is 109 Å². The average Bonchev–Trinajstić information content (AvgIpc) is 2.29. The molecule has 0 heterocycles. The summed E-state index contributed by atoms with van der Waals surface area (Å²) in [4.78, 5) is 0. The Hall–Kier alpha value is -0.940. The number of alkyl halides is 3. The van der Waals surface area contributed by atoms with E-state index in [2.05, 4.69) is 5.32 Å². The van der Waals surface area contributed by atoms with E-state index in [9.17, 15) is 13.2 Å². The Morgan fingerprint density at radius 2 is 1.89 bits per heavy atom. The van der Waals surface area contributed by atoms with Crippen LogP contribution >= 0.6 is 11.6 Å². The van der Waals surface area contributed by atoms with E-state index in [4.69, 9.17) is 16.3 Å². The highest BCUT2D eigenvalue weighted by atomic mass is 35.5. The van der Waals surface area contributed by atoms with Gasteiger partial charge in [-0.2, -0.15) is 13.2 Å². The molecule has 0 spiro atoms. The maximum atomic E-state index is 12.7. The van der Waals surface area contributed by atoms with Crippen molar-refractivity contribution in [2.24, 2.45) is 0 Å². The standard InChI is InChI=1S/C12H15ClF3NO/c1-7(8(2)18-3)17-9-4-5-11(13)10(6-9)12(14,15)16/h4-8,17H,1-3H3. The van der Waals surface area contributed by atoms with Crippen LogP contribution in [-0.4, -0.2) is 19.3 Å². The minimum absolute atomic E-state index is 0.114. The van der Waals surface area contributed by atoms with Crippen molar-refractivity contribution in [1.29, 1.82) is 0 Å². The molecule has 1 N–H and O–H groups in total. The molecule has 0 amide bonds. The maximum Gasteiger partial charge on any atom is 0.417 e. The third-order valence-electron chi connectivity index (χ3n) is 2.74. The topological polar surface area (TPSA) is 21.3 Å². The molecule has 0 fully saturated rings. The lowest BCUT2D eigenvalue weighted by molar-refractivity contribution is -0.137. The van der Waals surface area contributed by atoms with Crippen LogP contribution in [0.1, 0.15) is 19.4 Å². The second-order valence-corrected chi connectivity index (χ2v) is 4.47. The third kappa shape index (κ3) is 3.78. The van der Waals surface area contributed by atoms with Gasteiger partial charge in [-0.15, -0.1) is 0 Å². The summed E-state index contributed by atoms with van der Waals surface area (Å²) in [5.74, 6) is 0. The van der Waals surface area contributed by atoms with Crippen molar-refractivity contribution >= 4 is 17.3 Å². The first-order valence-electron chi connectivity index (χ1n) is 5.41. The summed E-state index contributed by atoms with van der Waals surface area (Å²) in [5, 5.41) is 2.64. The Kier molecular flexibility index (Phi) is 4.87. The van der Waals surface area contributed by atoms with Gasteiger partial charge in [-0.1, -0.05) is 11.6 Å². The second-order valence-electron chi connectivity index (χ2n) is 4.07. The number of benzene rings is 1. The highest BCUT2D eigenvalue weighted by Gasteiger charge is 2.33. The van der Waals surface area contributed by atoms with Crippen LogP contribution in [0, 0.1) is 0 Å². The summed E-state index contributed by atoms with van der Waals surface area (Å²) < 4.78 is 43.1. The fraction of sp³-hybridized carbons (Fsp3) is 0.500. The highest BCUT2D eigenvalue weighted by Crippen LogP contribution is 2.36. The van der Waals surface area contributed by atoms with Crippen molar-refractivity contribution in [2.75, 3.05) is 12.4 Å². The van der Waals surface area contributed by atoms with E-state index in [1.54, 1.807) is 7.11 Å². The third-order valence-corrected chi connectivity index (χ3v) is 3.07. The van der Waals surface area contributed by atoms with Crippen molar-refractivity contribution in [1.82, 2.24) is 0 Å². The SMILES string of the molecule is COC(C)C(C)Nc1ccc(Cl)c(C(F)(F)F)c1. The first-order chi connectivity index (χ1) is 8.25. The van der Waals surface area contributed by atoms with Gasteiger partial charge < -0.3 is 10.1 Å². The van der Waals surface area contributed by atoms with Crippen LogP contribution in [0.5, 0.6) is 0 Å². The van der Waals surface area contributed by atoms with E-state index in [-0.39, 0.29) is 17.2 Å².